The molecular formula is C24H31BrN2O4S. The Kier molecular flexibility index (Phi) is 8.36. The number of carbonyl (C=O) groups is 1. The highest BCUT2D eigenvalue weighted by molar-refractivity contribution is 9.10. The highest BCUT2D eigenvalue weighted by atomic mass is 79.9. The van der Waals surface area contributed by atoms with Crippen LogP contribution in [-0.4, -0.2) is 38.8 Å². The van der Waals surface area contributed by atoms with E-state index in [9.17, 15) is 13.2 Å². The Balaban J connectivity index is 1.58. The second-order valence-electron chi connectivity index (χ2n) is 8.26. The first-order valence-electron chi connectivity index (χ1n) is 10.9. The van der Waals surface area contributed by atoms with Crippen molar-refractivity contribution in [2.45, 2.75) is 44.9 Å². The van der Waals surface area contributed by atoms with Gasteiger partial charge in [-0.3, -0.25) is 4.79 Å². The van der Waals surface area contributed by atoms with Gasteiger partial charge in [0.25, 0.3) is 0 Å². The van der Waals surface area contributed by atoms with Crippen LogP contribution in [0, 0.1) is 12.8 Å². The predicted octanol–water partition coefficient (Wildman–Crippen LogP) is 4.58. The van der Waals surface area contributed by atoms with Crippen molar-refractivity contribution in [3.05, 3.63) is 63.6 Å². The Morgan fingerprint density at radius 1 is 1.22 bits per heavy atom. The fourth-order valence-corrected chi connectivity index (χ4v) is 6.15. The van der Waals surface area contributed by atoms with E-state index >= 15 is 0 Å². The minimum absolute atomic E-state index is 0.00522. The predicted molar refractivity (Wildman–Crippen MR) is 130 cm³/mol. The number of piperidine rings is 1. The number of sulfonamides is 1. The van der Waals surface area contributed by atoms with E-state index in [1.165, 1.54) is 4.31 Å². The number of nitrogens with one attached hydrogen (secondary N) is 1. The number of benzene rings is 2. The average Bonchev–Trinajstić information content (AvgIpc) is 2.77. The molecule has 1 N–H and O–H groups in total. The normalized spacial score (nSPS) is 16.5. The zero-order valence-electron chi connectivity index (χ0n) is 18.8. The van der Waals surface area contributed by atoms with Crippen LogP contribution in [0.1, 0.15) is 48.9 Å². The first kappa shape index (κ1) is 24.7. The number of halogens is 1. The number of amides is 1. The zero-order valence-corrected chi connectivity index (χ0v) is 21.2. The van der Waals surface area contributed by atoms with E-state index in [0.29, 0.717) is 25.9 Å². The molecule has 0 aliphatic carbocycles. The molecule has 6 nitrogen and oxygen atoms in total. The highest BCUT2D eigenvalue weighted by Gasteiger charge is 2.32. The molecule has 32 heavy (non-hydrogen) atoms. The molecule has 2 aromatic carbocycles. The molecule has 1 amide bonds. The van der Waals surface area contributed by atoms with Gasteiger partial charge in [-0.05, 0) is 61.1 Å². The maximum Gasteiger partial charge on any atom is 0.223 e. The van der Waals surface area contributed by atoms with E-state index in [-0.39, 0.29) is 23.6 Å². The van der Waals surface area contributed by atoms with Gasteiger partial charge >= 0.3 is 0 Å². The summed E-state index contributed by atoms with van der Waals surface area (Å²) in [7, 11) is -1.77. The Hall–Kier alpha value is -1.90. The van der Waals surface area contributed by atoms with Crippen molar-refractivity contribution in [2.75, 3.05) is 20.2 Å². The molecule has 0 radical (unpaired) electrons. The number of aryl methyl sites for hydroxylation is 1. The summed E-state index contributed by atoms with van der Waals surface area (Å²) in [6.45, 7) is 4.77. The quantitative estimate of drug-likeness (QED) is 0.550. The van der Waals surface area contributed by atoms with Gasteiger partial charge in [0.05, 0.1) is 18.9 Å². The fraction of sp³-hybridized carbons (Fsp3) is 0.458. The van der Waals surface area contributed by atoms with Gasteiger partial charge in [0.15, 0.2) is 0 Å². The molecule has 1 heterocycles. The van der Waals surface area contributed by atoms with Gasteiger partial charge in [0, 0.05) is 23.5 Å². The third-order valence-electron chi connectivity index (χ3n) is 6.00. The summed E-state index contributed by atoms with van der Waals surface area (Å²) in [5, 5.41) is 3.16. The number of nitrogens with zero attached hydrogens (tertiary/aromatic N) is 1. The second kappa shape index (κ2) is 10.8. The van der Waals surface area contributed by atoms with Crippen LogP contribution in [-0.2, 0) is 20.6 Å². The van der Waals surface area contributed by atoms with Crippen LogP contribution in [0.3, 0.4) is 0 Å². The minimum atomic E-state index is -3.42. The van der Waals surface area contributed by atoms with Gasteiger partial charge in [0.2, 0.25) is 15.9 Å². The zero-order chi connectivity index (χ0) is 23.3. The Labute approximate surface area is 199 Å². The van der Waals surface area contributed by atoms with Gasteiger partial charge in [-0.15, -0.1) is 0 Å². The number of carbonyl (C=O) groups excluding carboxylic acids is 1. The summed E-state index contributed by atoms with van der Waals surface area (Å²) in [6.07, 6.45) is 1.83. The van der Waals surface area contributed by atoms with Crippen LogP contribution in [0.2, 0.25) is 0 Å². The van der Waals surface area contributed by atoms with E-state index in [1.807, 2.05) is 56.3 Å². The molecule has 0 saturated carbocycles. The van der Waals surface area contributed by atoms with Gasteiger partial charge < -0.3 is 10.1 Å². The van der Waals surface area contributed by atoms with Crippen molar-refractivity contribution in [2.24, 2.45) is 5.92 Å². The summed E-state index contributed by atoms with van der Waals surface area (Å²) in [5.41, 5.74) is 2.83. The van der Waals surface area contributed by atoms with Crippen molar-refractivity contribution in [1.82, 2.24) is 9.62 Å². The molecule has 0 bridgehead atoms. The van der Waals surface area contributed by atoms with Crippen LogP contribution < -0.4 is 10.1 Å². The van der Waals surface area contributed by atoms with Crippen molar-refractivity contribution in [3.63, 3.8) is 0 Å². The largest absolute Gasteiger partial charge is 0.496 e. The number of methoxy groups -OCH3 is 1. The number of hydrogen-bond acceptors (Lipinski definition) is 4. The van der Waals surface area contributed by atoms with E-state index < -0.39 is 10.0 Å². The topological polar surface area (TPSA) is 75.7 Å². The molecule has 0 spiro atoms. The maximum atomic E-state index is 12.9. The van der Waals surface area contributed by atoms with Crippen LogP contribution in [0.5, 0.6) is 5.75 Å². The molecule has 1 aliphatic heterocycles. The first-order valence-corrected chi connectivity index (χ1v) is 13.3. The summed E-state index contributed by atoms with van der Waals surface area (Å²) < 4.78 is 33.4. The fourth-order valence-electron chi connectivity index (χ4n) is 4.15. The third kappa shape index (κ3) is 6.11. The minimum Gasteiger partial charge on any atom is -0.496 e. The van der Waals surface area contributed by atoms with Gasteiger partial charge in [0.1, 0.15) is 5.75 Å². The monoisotopic (exact) mass is 522 g/mol. The van der Waals surface area contributed by atoms with Gasteiger partial charge in [-0.2, -0.15) is 0 Å². The third-order valence-corrected chi connectivity index (χ3v) is 8.35. The molecule has 3 rings (SSSR count). The molecular weight excluding hydrogens is 492 g/mol. The van der Waals surface area contributed by atoms with Crippen LogP contribution in [0.15, 0.2) is 46.9 Å². The van der Waals surface area contributed by atoms with Crippen LogP contribution in [0.4, 0.5) is 0 Å². The molecule has 1 aliphatic rings. The summed E-state index contributed by atoms with van der Waals surface area (Å²) >= 11 is 3.38. The lowest BCUT2D eigenvalue weighted by Gasteiger charge is -2.31. The lowest BCUT2D eigenvalue weighted by atomic mass is 9.95. The molecule has 0 unspecified atom stereocenters. The van der Waals surface area contributed by atoms with Crippen LogP contribution in [0.25, 0.3) is 0 Å². The maximum absolute atomic E-state index is 12.9. The molecule has 1 atom stereocenters. The smallest absolute Gasteiger partial charge is 0.223 e. The number of ether oxygens (including phenoxy) is 1. The Bertz CT molecular complexity index is 1050. The summed E-state index contributed by atoms with van der Waals surface area (Å²) in [6, 6.07) is 13.2. The van der Waals surface area contributed by atoms with E-state index in [4.69, 9.17) is 4.74 Å². The number of rotatable bonds is 8. The SMILES string of the molecule is CC[C@H](NC(=O)C1CCN(S(=O)(=O)Cc2cccc(Br)c2)CC1)c1ccc(OC)c(C)c1. The molecule has 174 valence electrons. The van der Waals surface area contributed by atoms with Crippen LogP contribution >= 0.6 is 15.9 Å². The molecule has 2 aromatic rings. The lowest BCUT2D eigenvalue weighted by molar-refractivity contribution is -0.126. The van der Waals surface area contributed by atoms with E-state index in [1.54, 1.807) is 7.11 Å². The average molecular weight is 523 g/mol. The Morgan fingerprint density at radius 3 is 2.53 bits per heavy atom. The highest BCUT2D eigenvalue weighted by Crippen LogP contribution is 2.27. The summed E-state index contributed by atoms with van der Waals surface area (Å²) in [4.78, 5) is 12.9. The number of hydrogen-bond donors (Lipinski definition) is 1. The van der Waals surface area contributed by atoms with Crippen molar-refractivity contribution in [1.29, 1.82) is 0 Å². The van der Waals surface area contributed by atoms with Gasteiger partial charge in [-0.25, -0.2) is 12.7 Å². The Morgan fingerprint density at radius 2 is 1.94 bits per heavy atom. The van der Waals surface area contributed by atoms with E-state index in [2.05, 4.69) is 21.2 Å². The molecule has 0 aromatic heterocycles. The van der Waals surface area contributed by atoms with Crippen molar-refractivity contribution >= 4 is 31.9 Å². The van der Waals surface area contributed by atoms with Crippen molar-refractivity contribution < 1.29 is 17.9 Å². The lowest BCUT2D eigenvalue weighted by Crippen LogP contribution is -2.44. The second-order valence-corrected chi connectivity index (χ2v) is 11.1. The van der Waals surface area contributed by atoms with Gasteiger partial charge in [-0.1, -0.05) is 47.1 Å². The molecule has 8 heteroatoms. The molecule has 1 fully saturated rings. The van der Waals surface area contributed by atoms with Crippen molar-refractivity contribution in [3.8, 4) is 5.75 Å². The first-order chi connectivity index (χ1) is 15.2. The summed E-state index contributed by atoms with van der Waals surface area (Å²) in [5.74, 6) is 0.610. The van der Waals surface area contributed by atoms with E-state index in [0.717, 1.165) is 33.3 Å². The standard InChI is InChI=1S/C24H31BrN2O4S/c1-4-22(20-8-9-23(31-3)17(2)14-20)26-24(28)19-10-12-27(13-11-19)32(29,30)16-18-6-5-7-21(25)15-18/h5-9,14-15,19,22H,4,10-13,16H2,1-3H3,(H,26,28)/t22-/m0/s1. The molecule has 1 saturated heterocycles.